The highest BCUT2D eigenvalue weighted by atomic mass is 127. The van der Waals surface area contributed by atoms with Gasteiger partial charge in [0, 0.05) is 39.6 Å². The molecule has 254 valence electrons. The van der Waals surface area contributed by atoms with Gasteiger partial charge in [0.05, 0.1) is 27.8 Å². The molecule has 0 atom stereocenters. The molecule has 6 aromatic carbocycles. The number of pyridine rings is 2. The predicted molar refractivity (Wildman–Crippen MR) is 233 cm³/mol. The minimum absolute atomic E-state index is 0.607. The summed E-state index contributed by atoms with van der Waals surface area (Å²) < 4.78 is 6.69. The SMILES string of the molecule is c1ccc(C2=NC(c3ccccn3)=IC(n3c4ccccc4c4cc(-c5ccc6c(c5)c5ccccc5n6-c5ccc6ccccc6c5)ccc43)=N2)nc1. The van der Waals surface area contributed by atoms with Crippen LogP contribution in [0.4, 0.5) is 0 Å². The van der Waals surface area contributed by atoms with Gasteiger partial charge in [-0.3, -0.25) is 14.5 Å². The van der Waals surface area contributed by atoms with Crippen LogP contribution in [0, 0.1) is 0 Å². The summed E-state index contributed by atoms with van der Waals surface area (Å²) in [7, 11) is 0. The maximum absolute atomic E-state index is 5.22. The molecule has 4 aromatic heterocycles. The van der Waals surface area contributed by atoms with Crippen molar-refractivity contribution < 1.29 is 0 Å². The van der Waals surface area contributed by atoms with Crippen molar-refractivity contribution in [2.45, 2.75) is 0 Å². The number of rotatable bonds is 4. The van der Waals surface area contributed by atoms with E-state index >= 15 is 0 Å². The average Bonchev–Trinajstić information content (AvgIpc) is 3.76. The summed E-state index contributed by atoms with van der Waals surface area (Å²) in [6.07, 6.45) is 3.62. The van der Waals surface area contributed by atoms with Crippen molar-refractivity contribution in [1.29, 1.82) is 0 Å². The number of amidine groups is 1. The smallest absolute Gasteiger partial charge is 0.181 e. The van der Waals surface area contributed by atoms with Gasteiger partial charge in [-0.2, -0.15) is 0 Å². The van der Waals surface area contributed by atoms with Crippen molar-refractivity contribution in [1.82, 2.24) is 19.1 Å². The van der Waals surface area contributed by atoms with Crippen molar-refractivity contribution in [3.63, 3.8) is 0 Å². The van der Waals surface area contributed by atoms with Crippen LogP contribution in [-0.4, -0.2) is 32.4 Å². The molecule has 10 aromatic rings. The molecule has 5 heterocycles. The first kappa shape index (κ1) is 31.0. The van der Waals surface area contributed by atoms with Gasteiger partial charge in [0.15, 0.2) is 9.68 Å². The fraction of sp³-hybridized carbons (Fsp3) is 0. The van der Waals surface area contributed by atoms with Crippen LogP contribution in [0.25, 0.3) is 71.2 Å². The Morgan fingerprint density at radius 1 is 0.407 bits per heavy atom. The largest absolute Gasteiger partial charge is 0.309 e. The van der Waals surface area contributed by atoms with Crippen molar-refractivity contribution in [2.24, 2.45) is 9.98 Å². The van der Waals surface area contributed by atoms with Crippen LogP contribution in [0.5, 0.6) is 0 Å². The summed E-state index contributed by atoms with van der Waals surface area (Å²) in [5, 5.41) is 7.33. The third-order valence-corrected chi connectivity index (χ3v) is 12.7. The monoisotopic (exact) mass is 804 g/mol. The highest BCUT2D eigenvalue weighted by Crippen LogP contribution is 2.38. The van der Waals surface area contributed by atoms with Gasteiger partial charge >= 0.3 is 0 Å². The Morgan fingerprint density at radius 2 is 0.981 bits per heavy atom. The zero-order valence-electron chi connectivity index (χ0n) is 28.8. The van der Waals surface area contributed by atoms with E-state index in [1.165, 1.54) is 54.5 Å². The first-order valence-electron chi connectivity index (χ1n) is 17.9. The summed E-state index contributed by atoms with van der Waals surface area (Å²) in [5.74, 6) is 0.607. The van der Waals surface area contributed by atoms with Gasteiger partial charge in [-0.05, 0) is 115 Å². The van der Waals surface area contributed by atoms with E-state index in [0.717, 1.165) is 35.6 Å². The van der Waals surface area contributed by atoms with E-state index in [1.807, 2.05) is 42.6 Å². The zero-order chi connectivity index (χ0) is 35.6. The number of nitrogens with zero attached hydrogens (tertiary/aromatic N) is 6. The standard InChI is InChI=1S/C47H29IN6/c1-2-12-31-27-34(22-19-30(31)11-1)53-41-17-5-3-13-35(41)37-28-32(20-23-43(37)53)33-21-24-44-38(29-33)36-14-4-6-18-42(36)54(44)47-48-45(39-15-7-9-25-49-39)51-46(52-47)40-16-8-10-26-50-40/h1-29H. The molecule has 0 saturated carbocycles. The van der Waals surface area contributed by atoms with Crippen molar-refractivity contribution >= 4 is 88.4 Å². The van der Waals surface area contributed by atoms with Crippen LogP contribution in [0.1, 0.15) is 11.4 Å². The number of benzene rings is 6. The fourth-order valence-electron chi connectivity index (χ4n) is 7.72. The van der Waals surface area contributed by atoms with Crippen LogP contribution in [0.15, 0.2) is 186 Å². The molecule has 54 heavy (non-hydrogen) atoms. The maximum atomic E-state index is 5.22. The molecule has 0 bridgehead atoms. The normalized spacial score (nSPS) is 13.3. The summed E-state index contributed by atoms with van der Waals surface area (Å²) in [6.45, 7) is 0. The van der Waals surface area contributed by atoms with E-state index in [2.05, 4.69) is 146 Å². The molecule has 0 spiro atoms. The van der Waals surface area contributed by atoms with Crippen LogP contribution < -0.4 is 0 Å². The van der Waals surface area contributed by atoms with Gasteiger partial charge < -0.3 is 4.57 Å². The molecule has 1 aliphatic rings. The average molecular weight is 805 g/mol. The summed E-state index contributed by atoms with van der Waals surface area (Å²) in [4.78, 5) is 19.6. The van der Waals surface area contributed by atoms with Crippen molar-refractivity contribution in [3.05, 3.63) is 188 Å². The lowest BCUT2D eigenvalue weighted by Gasteiger charge is -2.14. The molecule has 0 N–H and O–H groups in total. The molecular weight excluding hydrogens is 775 g/mol. The van der Waals surface area contributed by atoms with Crippen LogP contribution >= 0.6 is 20.7 Å². The molecule has 0 fully saturated rings. The molecular formula is C47H29IN6. The van der Waals surface area contributed by atoms with Crippen LogP contribution in [0.2, 0.25) is 0 Å². The Bertz CT molecular complexity index is 3170. The summed E-state index contributed by atoms with van der Waals surface area (Å²) in [5.41, 5.74) is 9.78. The second kappa shape index (κ2) is 12.5. The third-order valence-electron chi connectivity index (χ3n) is 10.2. The minimum atomic E-state index is -0.785. The first-order valence-corrected chi connectivity index (χ1v) is 20.0. The van der Waals surface area contributed by atoms with E-state index in [4.69, 9.17) is 9.98 Å². The predicted octanol–water partition coefficient (Wildman–Crippen LogP) is 11.3. The number of hydrogen-bond donors (Lipinski definition) is 0. The highest BCUT2D eigenvalue weighted by molar-refractivity contribution is 14.2. The fourth-order valence-corrected chi connectivity index (χ4v) is 10.2. The highest BCUT2D eigenvalue weighted by Gasteiger charge is 2.21. The second-order valence-electron chi connectivity index (χ2n) is 13.3. The van der Waals surface area contributed by atoms with Gasteiger partial charge in [-0.15, -0.1) is 0 Å². The number of aromatic nitrogens is 4. The molecule has 0 unspecified atom stereocenters. The number of fused-ring (bicyclic) bond motifs is 7. The van der Waals surface area contributed by atoms with Gasteiger partial charge in [-0.1, -0.05) is 91.0 Å². The van der Waals surface area contributed by atoms with E-state index < -0.39 is 20.7 Å². The lowest BCUT2D eigenvalue weighted by atomic mass is 10.0. The van der Waals surface area contributed by atoms with Gasteiger partial charge in [-0.25, -0.2) is 9.98 Å². The Labute approximate surface area is 320 Å². The quantitative estimate of drug-likeness (QED) is 0.166. The molecule has 0 saturated heterocycles. The Morgan fingerprint density at radius 3 is 1.67 bits per heavy atom. The van der Waals surface area contributed by atoms with E-state index in [0.29, 0.717) is 5.84 Å². The van der Waals surface area contributed by atoms with Gasteiger partial charge in [0.2, 0.25) is 0 Å². The van der Waals surface area contributed by atoms with Crippen LogP contribution in [-0.2, 0) is 0 Å². The van der Waals surface area contributed by atoms with Gasteiger partial charge in [0.1, 0.15) is 9.33 Å². The Kier molecular flexibility index (Phi) is 7.19. The molecule has 7 heteroatoms. The minimum Gasteiger partial charge on any atom is -0.309 e. The number of para-hydroxylation sites is 2. The molecule has 0 aliphatic carbocycles. The second-order valence-corrected chi connectivity index (χ2v) is 15.9. The topological polar surface area (TPSA) is 60.4 Å². The maximum Gasteiger partial charge on any atom is 0.181 e. The molecule has 6 nitrogen and oxygen atoms in total. The lowest BCUT2D eigenvalue weighted by Crippen LogP contribution is -2.16. The summed E-state index contributed by atoms with van der Waals surface area (Å²) in [6, 6.07) is 58.3. The first-order chi connectivity index (χ1) is 26.8. The summed E-state index contributed by atoms with van der Waals surface area (Å²) >= 11 is -0.785. The number of aliphatic imine (C=N–C) groups is 2. The third kappa shape index (κ3) is 5.03. The zero-order valence-corrected chi connectivity index (χ0v) is 31.0. The van der Waals surface area contributed by atoms with Crippen molar-refractivity contribution in [3.8, 4) is 16.8 Å². The van der Waals surface area contributed by atoms with Crippen molar-refractivity contribution in [2.75, 3.05) is 0 Å². The Hall–Kier alpha value is -6.58. The molecule has 0 amide bonds. The van der Waals surface area contributed by atoms with E-state index in [-0.39, 0.29) is 0 Å². The Balaban J connectivity index is 1.08. The van der Waals surface area contributed by atoms with Crippen LogP contribution in [0.3, 0.4) is 0 Å². The molecule has 11 rings (SSSR count). The molecule has 0 radical (unpaired) electrons. The molecule has 1 aliphatic heterocycles. The van der Waals surface area contributed by atoms with E-state index in [1.54, 1.807) is 6.20 Å². The lowest BCUT2D eigenvalue weighted by molar-refractivity contribution is 1.19. The van der Waals surface area contributed by atoms with Gasteiger partial charge in [0.25, 0.3) is 0 Å². The number of halogens is 1. The van der Waals surface area contributed by atoms with E-state index in [9.17, 15) is 0 Å². The number of hydrogen-bond acceptors (Lipinski definition) is 4.